The summed E-state index contributed by atoms with van der Waals surface area (Å²) in [6.45, 7) is 2.94. The second kappa shape index (κ2) is 6.59. The van der Waals surface area contributed by atoms with Gasteiger partial charge in [-0.1, -0.05) is 13.8 Å². The number of halogens is 4. The van der Waals surface area contributed by atoms with Crippen molar-refractivity contribution >= 4 is 11.6 Å². The minimum Gasteiger partial charge on any atom is -0.372 e. The first-order valence-electron chi connectivity index (χ1n) is 5.09. The molecule has 0 aliphatic rings. The molecule has 0 saturated heterocycles. The van der Waals surface area contributed by atoms with E-state index in [0.29, 0.717) is 12.3 Å². The van der Waals surface area contributed by atoms with Gasteiger partial charge in [0.1, 0.15) is 6.61 Å². The smallest absolute Gasteiger partial charge is 0.372 e. The first kappa shape index (κ1) is 15.0. The molecule has 0 rings (SSSR count). The summed E-state index contributed by atoms with van der Waals surface area (Å²) in [6.07, 6.45) is -1.92. The van der Waals surface area contributed by atoms with Gasteiger partial charge < -0.3 is 4.74 Å². The molecule has 0 radical (unpaired) electrons. The molecular weight excluding hydrogens is 229 g/mol. The topological polar surface area (TPSA) is 9.23 Å². The molecule has 5 heteroatoms. The van der Waals surface area contributed by atoms with Crippen LogP contribution in [0.5, 0.6) is 0 Å². The Morgan fingerprint density at radius 1 is 1.13 bits per heavy atom. The molecule has 0 heterocycles. The molecule has 0 aromatic rings. The number of rotatable bonds is 7. The molecule has 0 N–H and O–H groups in total. The Balaban J connectivity index is 3.82. The zero-order valence-electron chi connectivity index (χ0n) is 9.16. The summed E-state index contributed by atoms with van der Waals surface area (Å²) in [5, 5.41) is 0. The number of alkyl halides is 4. The van der Waals surface area contributed by atoms with Gasteiger partial charge in [0.15, 0.2) is 0 Å². The monoisotopic (exact) mass is 246 g/mol. The summed E-state index contributed by atoms with van der Waals surface area (Å²) < 4.78 is 39.9. The van der Waals surface area contributed by atoms with Gasteiger partial charge in [-0.25, -0.2) is 0 Å². The largest absolute Gasteiger partial charge is 0.411 e. The van der Waals surface area contributed by atoms with Crippen molar-refractivity contribution in [1.29, 1.82) is 0 Å². The minimum atomic E-state index is -4.23. The fourth-order valence-corrected chi connectivity index (χ4v) is 1.85. The molecule has 0 bridgehead atoms. The molecule has 92 valence electrons. The van der Waals surface area contributed by atoms with E-state index >= 15 is 0 Å². The van der Waals surface area contributed by atoms with Crippen molar-refractivity contribution in [2.75, 3.05) is 19.1 Å². The number of hydrogen-bond acceptors (Lipinski definition) is 1. The van der Waals surface area contributed by atoms with Gasteiger partial charge >= 0.3 is 6.18 Å². The molecule has 0 aliphatic carbocycles. The lowest BCUT2D eigenvalue weighted by Crippen LogP contribution is -2.25. The van der Waals surface area contributed by atoms with Crippen LogP contribution in [0.3, 0.4) is 0 Å². The quantitative estimate of drug-likeness (QED) is 0.487. The van der Waals surface area contributed by atoms with E-state index in [-0.39, 0.29) is 12.0 Å². The normalized spacial score (nSPS) is 13.2. The Labute approximate surface area is 93.9 Å². The molecule has 0 amide bonds. The third-order valence-corrected chi connectivity index (χ3v) is 3.39. The Bertz CT molecular complexity index is 158. The molecule has 0 unspecified atom stereocenters. The molecule has 1 nitrogen and oxygen atoms in total. The summed E-state index contributed by atoms with van der Waals surface area (Å²) in [4.78, 5) is 0. The van der Waals surface area contributed by atoms with E-state index in [1.54, 1.807) is 0 Å². The zero-order valence-corrected chi connectivity index (χ0v) is 9.92. The average Bonchev–Trinajstić information content (AvgIpc) is 2.18. The van der Waals surface area contributed by atoms with Gasteiger partial charge in [0.25, 0.3) is 0 Å². The van der Waals surface area contributed by atoms with Gasteiger partial charge in [0, 0.05) is 12.5 Å². The van der Waals surface area contributed by atoms with E-state index in [9.17, 15) is 13.2 Å². The second-order valence-electron chi connectivity index (χ2n) is 3.76. The fourth-order valence-electron chi connectivity index (χ4n) is 1.34. The van der Waals surface area contributed by atoms with Gasteiger partial charge in [-0.2, -0.15) is 13.2 Å². The Morgan fingerprint density at radius 3 is 2.00 bits per heavy atom. The molecule has 0 saturated carbocycles. The van der Waals surface area contributed by atoms with E-state index in [2.05, 4.69) is 4.74 Å². The highest BCUT2D eigenvalue weighted by molar-refractivity contribution is 6.18. The Kier molecular flexibility index (Phi) is 6.60. The predicted molar refractivity (Wildman–Crippen MR) is 55.2 cm³/mol. The maximum atomic E-state index is 11.8. The van der Waals surface area contributed by atoms with E-state index in [1.807, 2.05) is 13.8 Å². The van der Waals surface area contributed by atoms with Crippen molar-refractivity contribution in [2.24, 2.45) is 5.41 Å². The summed E-state index contributed by atoms with van der Waals surface area (Å²) in [5.74, 6) is 0.468. The first-order valence-corrected chi connectivity index (χ1v) is 5.63. The van der Waals surface area contributed by atoms with E-state index in [0.717, 1.165) is 12.8 Å². The Morgan fingerprint density at radius 2 is 1.67 bits per heavy atom. The van der Waals surface area contributed by atoms with Gasteiger partial charge in [-0.15, -0.1) is 11.6 Å². The molecule has 0 spiro atoms. The molecule has 0 aromatic heterocycles. The molecule has 15 heavy (non-hydrogen) atoms. The van der Waals surface area contributed by atoms with E-state index in [1.165, 1.54) is 0 Å². The standard InChI is InChI=1S/C10H18ClF3O/c1-3-9(4-2,7-11)5-6-15-8-10(12,13)14/h3-8H2,1-2H3. The summed E-state index contributed by atoms with van der Waals surface area (Å²) >= 11 is 5.82. The van der Waals surface area contributed by atoms with Crippen LogP contribution >= 0.6 is 11.6 Å². The maximum absolute atomic E-state index is 11.8. The highest BCUT2D eigenvalue weighted by Gasteiger charge is 2.29. The lowest BCUT2D eigenvalue weighted by Gasteiger charge is -2.29. The highest BCUT2D eigenvalue weighted by Crippen LogP contribution is 2.32. The zero-order chi connectivity index (χ0) is 11.9. The number of hydrogen-bond donors (Lipinski definition) is 0. The lowest BCUT2D eigenvalue weighted by molar-refractivity contribution is -0.175. The molecule has 0 atom stereocenters. The van der Waals surface area contributed by atoms with Gasteiger partial charge in [-0.3, -0.25) is 0 Å². The third kappa shape index (κ3) is 6.25. The van der Waals surface area contributed by atoms with Crippen LogP contribution in [0.2, 0.25) is 0 Å². The molecule has 0 aromatic carbocycles. The van der Waals surface area contributed by atoms with Crippen LogP contribution in [0.4, 0.5) is 13.2 Å². The number of ether oxygens (including phenoxy) is 1. The van der Waals surface area contributed by atoms with Crippen molar-refractivity contribution in [3.05, 3.63) is 0 Å². The van der Waals surface area contributed by atoms with Crippen molar-refractivity contribution in [3.63, 3.8) is 0 Å². The van der Waals surface area contributed by atoms with Gasteiger partial charge in [-0.05, 0) is 24.7 Å². The van der Waals surface area contributed by atoms with E-state index in [4.69, 9.17) is 11.6 Å². The van der Waals surface area contributed by atoms with Crippen LogP contribution in [0.25, 0.3) is 0 Å². The van der Waals surface area contributed by atoms with Crippen LogP contribution < -0.4 is 0 Å². The van der Waals surface area contributed by atoms with Crippen LogP contribution in [-0.2, 0) is 4.74 Å². The summed E-state index contributed by atoms with van der Waals surface area (Å²) in [7, 11) is 0. The van der Waals surface area contributed by atoms with Crippen LogP contribution in [0.15, 0.2) is 0 Å². The van der Waals surface area contributed by atoms with Crippen LogP contribution in [0.1, 0.15) is 33.1 Å². The predicted octanol–water partition coefficient (Wildman–Crippen LogP) is 4.00. The molecular formula is C10H18ClF3O. The Hall–Kier alpha value is 0.0400. The van der Waals surface area contributed by atoms with Gasteiger partial charge in [0.05, 0.1) is 0 Å². The van der Waals surface area contributed by atoms with Crippen molar-refractivity contribution in [1.82, 2.24) is 0 Å². The van der Waals surface area contributed by atoms with E-state index < -0.39 is 12.8 Å². The average molecular weight is 247 g/mol. The summed E-state index contributed by atoms with van der Waals surface area (Å²) in [6, 6.07) is 0. The molecule has 0 aliphatic heterocycles. The third-order valence-electron chi connectivity index (χ3n) is 2.83. The van der Waals surface area contributed by atoms with Crippen LogP contribution in [-0.4, -0.2) is 25.3 Å². The van der Waals surface area contributed by atoms with Crippen molar-refractivity contribution in [2.45, 2.75) is 39.3 Å². The van der Waals surface area contributed by atoms with Crippen molar-refractivity contribution in [3.8, 4) is 0 Å². The maximum Gasteiger partial charge on any atom is 0.411 e. The van der Waals surface area contributed by atoms with Gasteiger partial charge in [0.2, 0.25) is 0 Å². The summed E-state index contributed by atoms with van der Waals surface area (Å²) in [5.41, 5.74) is -0.0762. The highest BCUT2D eigenvalue weighted by atomic mass is 35.5. The second-order valence-corrected chi connectivity index (χ2v) is 4.03. The first-order chi connectivity index (χ1) is 6.89. The minimum absolute atomic E-state index is 0.0762. The van der Waals surface area contributed by atoms with Crippen molar-refractivity contribution < 1.29 is 17.9 Å². The molecule has 0 fully saturated rings. The SMILES string of the molecule is CCC(CC)(CCl)CCOCC(F)(F)F. The fraction of sp³-hybridized carbons (Fsp3) is 1.00. The lowest BCUT2D eigenvalue weighted by atomic mass is 9.81. The van der Waals surface area contributed by atoms with Crippen LogP contribution in [0, 0.1) is 5.41 Å².